The molecule has 7 heteroatoms. The fourth-order valence-electron chi connectivity index (χ4n) is 2.37. The van der Waals surface area contributed by atoms with Gasteiger partial charge in [-0.15, -0.1) is 0 Å². The minimum Gasteiger partial charge on any atom is -0.504 e. The summed E-state index contributed by atoms with van der Waals surface area (Å²) in [6, 6.07) is 6.69. The van der Waals surface area contributed by atoms with E-state index in [9.17, 15) is 20.1 Å². The Morgan fingerprint density at radius 2 is 1.58 bits per heavy atom. The Hall–Kier alpha value is -3.35. The molecule has 0 saturated carbocycles. The second kappa shape index (κ2) is 5.69. The molecule has 1 aromatic heterocycles. The van der Waals surface area contributed by atoms with E-state index in [0.717, 1.165) is 0 Å². The molecule has 3 aromatic rings. The maximum atomic E-state index is 12.4. The zero-order valence-corrected chi connectivity index (χ0v) is 12.9. The lowest BCUT2D eigenvalue weighted by molar-refractivity contribution is 0.355. The van der Waals surface area contributed by atoms with Gasteiger partial charge in [0.15, 0.2) is 28.8 Å². The van der Waals surface area contributed by atoms with Crippen LogP contribution < -0.4 is 14.9 Å². The highest BCUT2D eigenvalue weighted by molar-refractivity contribution is 5.85. The Bertz CT molecular complexity index is 988. The first-order valence-electron chi connectivity index (χ1n) is 6.90. The van der Waals surface area contributed by atoms with E-state index in [1.165, 1.54) is 44.6 Å². The van der Waals surface area contributed by atoms with Crippen molar-refractivity contribution in [2.75, 3.05) is 14.2 Å². The summed E-state index contributed by atoms with van der Waals surface area (Å²) in [6.45, 7) is 0. The fraction of sp³-hybridized carbons (Fsp3) is 0.118. The maximum Gasteiger partial charge on any atom is 0.235 e. The normalized spacial score (nSPS) is 10.8. The van der Waals surface area contributed by atoms with Gasteiger partial charge in [-0.05, 0) is 24.3 Å². The molecule has 0 fully saturated rings. The number of methoxy groups -OCH3 is 2. The number of fused-ring (bicyclic) bond motifs is 1. The number of ether oxygens (including phenoxy) is 2. The number of hydrogen-bond acceptors (Lipinski definition) is 7. The van der Waals surface area contributed by atoms with Crippen molar-refractivity contribution in [3.05, 3.63) is 40.6 Å². The van der Waals surface area contributed by atoms with Crippen LogP contribution in [-0.2, 0) is 0 Å². The van der Waals surface area contributed by atoms with Gasteiger partial charge in [0.1, 0.15) is 5.58 Å². The molecule has 0 unspecified atom stereocenters. The van der Waals surface area contributed by atoms with Gasteiger partial charge in [0.25, 0.3) is 0 Å². The van der Waals surface area contributed by atoms with Crippen LogP contribution in [0.3, 0.4) is 0 Å². The first-order valence-corrected chi connectivity index (χ1v) is 6.90. The van der Waals surface area contributed by atoms with Crippen LogP contribution >= 0.6 is 0 Å². The van der Waals surface area contributed by atoms with Gasteiger partial charge in [-0.3, -0.25) is 4.79 Å². The van der Waals surface area contributed by atoms with Crippen LogP contribution in [0.1, 0.15) is 0 Å². The highest BCUT2D eigenvalue weighted by Crippen LogP contribution is 2.37. The topological polar surface area (TPSA) is 109 Å². The summed E-state index contributed by atoms with van der Waals surface area (Å²) in [4.78, 5) is 12.4. The molecule has 0 atom stereocenters. The molecular formula is C17H14O7. The van der Waals surface area contributed by atoms with Gasteiger partial charge in [0.05, 0.1) is 19.6 Å². The second-order valence-electron chi connectivity index (χ2n) is 5.02. The Morgan fingerprint density at radius 3 is 2.21 bits per heavy atom. The van der Waals surface area contributed by atoms with E-state index >= 15 is 0 Å². The number of benzene rings is 2. The monoisotopic (exact) mass is 330 g/mol. The van der Waals surface area contributed by atoms with Crippen LogP contribution in [0.4, 0.5) is 0 Å². The largest absolute Gasteiger partial charge is 0.504 e. The zero-order valence-electron chi connectivity index (χ0n) is 12.9. The Morgan fingerprint density at radius 1 is 0.917 bits per heavy atom. The first kappa shape index (κ1) is 15.5. The lowest BCUT2D eigenvalue weighted by Gasteiger charge is -2.10. The van der Waals surface area contributed by atoms with Crippen LogP contribution in [0.2, 0.25) is 0 Å². The summed E-state index contributed by atoms with van der Waals surface area (Å²) in [5, 5.41) is 29.3. The van der Waals surface area contributed by atoms with E-state index in [2.05, 4.69) is 0 Å². The predicted octanol–water partition coefficient (Wildman–Crippen LogP) is 2.59. The van der Waals surface area contributed by atoms with Crippen LogP contribution in [0.25, 0.3) is 22.3 Å². The molecular weight excluding hydrogens is 316 g/mol. The molecule has 0 spiro atoms. The second-order valence-corrected chi connectivity index (χ2v) is 5.02. The van der Waals surface area contributed by atoms with Crippen molar-refractivity contribution in [3.63, 3.8) is 0 Å². The summed E-state index contributed by atoms with van der Waals surface area (Å²) in [5.74, 6) is -0.783. The van der Waals surface area contributed by atoms with Gasteiger partial charge in [0, 0.05) is 11.6 Å². The molecule has 0 aliphatic heterocycles. The van der Waals surface area contributed by atoms with E-state index in [4.69, 9.17) is 13.9 Å². The fourth-order valence-corrected chi connectivity index (χ4v) is 2.37. The third kappa shape index (κ3) is 2.36. The Kier molecular flexibility index (Phi) is 3.69. The van der Waals surface area contributed by atoms with Gasteiger partial charge in [-0.2, -0.15) is 0 Å². The van der Waals surface area contributed by atoms with Crippen LogP contribution in [-0.4, -0.2) is 29.5 Å². The molecule has 0 aliphatic carbocycles. The van der Waals surface area contributed by atoms with Crippen molar-refractivity contribution >= 4 is 11.0 Å². The van der Waals surface area contributed by atoms with Crippen molar-refractivity contribution in [3.8, 4) is 40.1 Å². The third-order valence-electron chi connectivity index (χ3n) is 3.61. The van der Waals surface area contributed by atoms with Crippen LogP contribution in [0.15, 0.2) is 39.5 Å². The van der Waals surface area contributed by atoms with E-state index in [0.29, 0.717) is 11.5 Å². The molecule has 2 aromatic carbocycles. The molecule has 0 amide bonds. The summed E-state index contributed by atoms with van der Waals surface area (Å²) < 4.78 is 15.9. The first-order chi connectivity index (χ1) is 11.5. The molecule has 24 heavy (non-hydrogen) atoms. The Labute approximate surface area is 135 Å². The average molecular weight is 330 g/mol. The van der Waals surface area contributed by atoms with Crippen molar-refractivity contribution in [2.45, 2.75) is 0 Å². The summed E-state index contributed by atoms with van der Waals surface area (Å²) in [6.07, 6.45) is 0. The number of hydrogen-bond donors (Lipinski definition) is 3. The van der Waals surface area contributed by atoms with E-state index in [1.54, 1.807) is 0 Å². The minimum absolute atomic E-state index is 0.122. The number of phenolic OH excluding ortho intramolecular Hbond substituents is 2. The average Bonchev–Trinajstić information content (AvgIpc) is 2.59. The Balaban J connectivity index is 2.32. The van der Waals surface area contributed by atoms with Gasteiger partial charge >= 0.3 is 0 Å². The molecule has 0 bridgehead atoms. The molecule has 0 radical (unpaired) electrons. The zero-order chi connectivity index (χ0) is 17.4. The van der Waals surface area contributed by atoms with Crippen molar-refractivity contribution < 1.29 is 29.2 Å². The highest BCUT2D eigenvalue weighted by Gasteiger charge is 2.19. The van der Waals surface area contributed by atoms with Crippen molar-refractivity contribution in [1.29, 1.82) is 0 Å². The van der Waals surface area contributed by atoms with E-state index in [1.807, 2.05) is 0 Å². The standard InChI is InChI=1S/C17H14O7/c1-22-13-6-9-12(7-14(13)23-2)24-17(16(21)15(9)20)8-3-4-10(18)11(19)5-8/h3-7,18-19,21H,1-2H3. The van der Waals surface area contributed by atoms with Crippen molar-refractivity contribution in [1.82, 2.24) is 0 Å². The third-order valence-corrected chi connectivity index (χ3v) is 3.61. The molecule has 1 heterocycles. The minimum atomic E-state index is -0.653. The quantitative estimate of drug-likeness (QED) is 0.633. The van der Waals surface area contributed by atoms with Gasteiger partial charge in [0.2, 0.25) is 11.2 Å². The lowest BCUT2D eigenvalue weighted by atomic mass is 10.1. The van der Waals surface area contributed by atoms with Crippen molar-refractivity contribution in [2.24, 2.45) is 0 Å². The molecule has 7 nitrogen and oxygen atoms in total. The van der Waals surface area contributed by atoms with E-state index < -0.39 is 16.9 Å². The van der Waals surface area contributed by atoms with Crippen LogP contribution in [0, 0.1) is 0 Å². The number of rotatable bonds is 3. The van der Waals surface area contributed by atoms with Gasteiger partial charge in [-0.1, -0.05) is 0 Å². The summed E-state index contributed by atoms with van der Waals surface area (Å²) in [5.41, 5.74) is -0.241. The smallest absolute Gasteiger partial charge is 0.235 e. The van der Waals surface area contributed by atoms with Gasteiger partial charge in [-0.25, -0.2) is 0 Å². The number of phenols is 2. The SMILES string of the molecule is COc1cc2oc(-c3ccc(O)c(O)c3)c(O)c(=O)c2cc1OC. The summed E-state index contributed by atoms with van der Waals surface area (Å²) in [7, 11) is 2.87. The maximum absolute atomic E-state index is 12.4. The van der Waals surface area contributed by atoms with Crippen LogP contribution in [0.5, 0.6) is 28.7 Å². The summed E-state index contributed by atoms with van der Waals surface area (Å²) >= 11 is 0. The number of aromatic hydroxyl groups is 3. The molecule has 3 rings (SSSR count). The van der Waals surface area contributed by atoms with Gasteiger partial charge < -0.3 is 29.2 Å². The molecule has 0 aliphatic rings. The molecule has 3 N–H and O–H groups in total. The highest BCUT2D eigenvalue weighted by atomic mass is 16.5. The van der Waals surface area contributed by atoms with E-state index in [-0.39, 0.29) is 28.0 Å². The lowest BCUT2D eigenvalue weighted by Crippen LogP contribution is -2.03. The predicted molar refractivity (Wildman–Crippen MR) is 86.0 cm³/mol. The molecule has 124 valence electrons. The molecule has 0 saturated heterocycles.